The minimum absolute atomic E-state index is 0.447. The minimum Gasteiger partial charge on any atom is -0.357 e. The molecule has 2 rings (SSSR count). The van der Waals surface area contributed by atoms with Crippen molar-refractivity contribution in [1.29, 1.82) is 0 Å². The Bertz CT molecular complexity index is 760. The van der Waals surface area contributed by atoms with E-state index in [9.17, 15) is 0 Å². The fraction of sp³-hybridized carbons (Fsp3) is 0.667. The van der Waals surface area contributed by atoms with E-state index in [-0.39, 0.29) is 0 Å². The van der Waals surface area contributed by atoms with Crippen LogP contribution in [0.15, 0.2) is 0 Å². The molecule has 30 heavy (non-hydrogen) atoms. The zero-order chi connectivity index (χ0) is 21.9. The number of anilines is 6. The molecule has 4 N–H and O–H groups in total. The number of hydrogen-bond acceptors (Lipinski definition) is 12. The number of hydrogen-bond donors (Lipinski definition) is 4. The van der Waals surface area contributed by atoms with Gasteiger partial charge in [-0.05, 0) is 13.3 Å². The molecule has 0 fully saturated rings. The number of aromatic nitrogens is 6. The number of nitrogens with one attached hydrogen (secondary N) is 4. The molecule has 2 heterocycles. The second-order valence-corrected chi connectivity index (χ2v) is 6.80. The molecule has 12 heteroatoms. The summed E-state index contributed by atoms with van der Waals surface area (Å²) >= 11 is 0. The van der Waals surface area contributed by atoms with Crippen molar-refractivity contribution in [3.8, 4) is 0 Å². The largest absolute Gasteiger partial charge is 0.357 e. The Morgan fingerprint density at radius 1 is 0.700 bits per heavy atom. The normalized spacial score (nSPS) is 10.5. The molecule has 2 aromatic heterocycles. The maximum absolute atomic E-state index is 4.52. The van der Waals surface area contributed by atoms with Crippen LogP contribution in [0.3, 0.4) is 0 Å². The zero-order valence-corrected chi connectivity index (χ0v) is 18.8. The van der Waals surface area contributed by atoms with Crippen LogP contribution in [0.2, 0.25) is 0 Å². The van der Waals surface area contributed by atoms with Crippen LogP contribution in [-0.4, -0.2) is 77.9 Å². The SMILES string of the molecule is CCCCCN(CNc1nc(NCC)nc(N(C)C)n1)c1nc(NC)nc(NC)n1. The van der Waals surface area contributed by atoms with Crippen LogP contribution in [0.4, 0.5) is 35.7 Å². The highest BCUT2D eigenvalue weighted by atomic mass is 15.4. The first-order chi connectivity index (χ1) is 14.5. The Morgan fingerprint density at radius 3 is 1.80 bits per heavy atom. The summed E-state index contributed by atoms with van der Waals surface area (Å²) in [6.45, 7) is 6.15. The van der Waals surface area contributed by atoms with Gasteiger partial charge in [0.2, 0.25) is 35.7 Å². The van der Waals surface area contributed by atoms with Gasteiger partial charge in [0.15, 0.2) is 0 Å². The van der Waals surface area contributed by atoms with Crippen molar-refractivity contribution in [3.63, 3.8) is 0 Å². The molecular formula is C18H34N12. The Morgan fingerprint density at radius 2 is 1.27 bits per heavy atom. The second-order valence-electron chi connectivity index (χ2n) is 6.80. The lowest BCUT2D eigenvalue weighted by atomic mass is 10.2. The van der Waals surface area contributed by atoms with E-state index in [0.29, 0.717) is 42.4 Å². The molecule has 0 bridgehead atoms. The topological polar surface area (TPSA) is 132 Å². The van der Waals surface area contributed by atoms with Gasteiger partial charge in [-0.15, -0.1) is 0 Å². The average molecular weight is 419 g/mol. The van der Waals surface area contributed by atoms with Crippen LogP contribution in [0.5, 0.6) is 0 Å². The van der Waals surface area contributed by atoms with E-state index in [0.717, 1.165) is 32.4 Å². The van der Waals surface area contributed by atoms with Crippen LogP contribution >= 0.6 is 0 Å². The van der Waals surface area contributed by atoms with Crippen molar-refractivity contribution in [2.75, 3.05) is 79.0 Å². The summed E-state index contributed by atoms with van der Waals surface area (Å²) in [5, 5.41) is 12.4. The maximum atomic E-state index is 4.52. The van der Waals surface area contributed by atoms with Crippen LogP contribution in [0.25, 0.3) is 0 Å². The zero-order valence-electron chi connectivity index (χ0n) is 18.8. The molecular weight excluding hydrogens is 384 g/mol. The van der Waals surface area contributed by atoms with Gasteiger partial charge in [-0.3, -0.25) is 0 Å². The first-order valence-electron chi connectivity index (χ1n) is 10.3. The van der Waals surface area contributed by atoms with Gasteiger partial charge >= 0.3 is 0 Å². The van der Waals surface area contributed by atoms with E-state index in [4.69, 9.17) is 0 Å². The second kappa shape index (κ2) is 11.7. The monoisotopic (exact) mass is 418 g/mol. The molecule has 0 spiro atoms. The van der Waals surface area contributed by atoms with Gasteiger partial charge in [0.25, 0.3) is 0 Å². The van der Waals surface area contributed by atoms with E-state index < -0.39 is 0 Å². The van der Waals surface area contributed by atoms with Crippen molar-refractivity contribution in [2.24, 2.45) is 0 Å². The molecule has 0 amide bonds. The summed E-state index contributed by atoms with van der Waals surface area (Å²) in [6, 6.07) is 0. The molecule has 0 aliphatic rings. The van der Waals surface area contributed by atoms with Gasteiger partial charge in [0.05, 0.1) is 6.67 Å². The lowest BCUT2D eigenvalue weighted by Crippen LogP contribution is -2.33. The smallest absolute Gasteiger partial charge is 0.233 e. The fourth-order valence-electron chi connectivity index (χ4n) is 2.58. The maximum Gasteiger partial charge on any atom is 0.233 e. The van der Waals surface area contributed by atoms with Gasteiger partial charge in [0.1, 0.15) is 0 Å². The van der Waals surface area contributed by atoms with Crippen LogP contribution in [-0.2, 0) is 0 Å². The van der Waals surface area contributed by atoms with E-state index in [2.05, 4.69) is 63.0 Å². The predicted octanol–water partition coefficient (Wildman–Crippen LogP) is 1.70. The number of rotatable bonds is 13. The van der Waals surface area contributed by atoms with Gasteiger partial charge in [-0.25, -0.2) is 0 Å². The van der Waals surface area contributed by atoms with E-state index in [1.807, 2.05) is 25.9 Å². The highest BCUT2D eigenvalue weighted by molar-refractivity contribution is 5.46. The molecule has 166 valence electrons. The molecule has 0 saturated carbocycles. The third-order valence-electron chi connectivity index (χ3n) is 4.17. The molecule has 2 aromatic rings. The minimum atomic E-state index is 0.447. The third-order valence-corrected chi connectivity index (χ3v) is 4.17. The Kier molecular flexibility index (Phi) is 9.03. The van der Waals surface area contributed by atoms with Crippen LogP contribution in [0.1, 0.15) is 33.1 Å². The van der Waals surface area contributed by atoms with Crippen molar-refractivity contribution in [1.82, 2.24) is 29.9 Å². The Hall–Kier alpha value is -3.18. The Balaban J connectivity index is 2.25. The first-order valence-corrected chi connectivity index (χ1v) is 10.3. The van der Waals surface area contributed by atoms with E-state index in [1.54, 1.807) is 14.1 Å². The van der Waals surface area contributed by atoms with E-state index in [1.165, 1.54) is 0 Å². The first kappa shape index (κ1) is 23.1. The molecule has 0 aromatic carbocycles. The summed E-state index contributed by atoms with van der Waals surface area (Å²) in [5.41, 5.74) is 0. The summed E-state index contributed by atoms with van der Waals surface area (Å²) in [7, 11) is 7.37. The molecule has 0 aliphatic carbocycles. The van der Waals surface area contributed by atoms with Crippen molar-refractivity contribution < 1.29 is 0 Å². The highest BCUT2D eigenvalue weighted by Crippen LogP contribution is 2.16. The third kappa shape index (κ3) is 6.71. The highest BCUT2D eigenvalue weighted by Gasteiger charge is 2.15. The molecule has 0 saturated heterocycles. The number of unbranched alkanes of at least 4 members (excludes halogenated alkanes) is 2. The number of nitrogens with zero attached hydrogens (tertiary/aromatic N) is 8. The van der Waals surface area contributed by atoms with Crippen LogP contribution < -0.4 is 31.1 Å². The molecule has 12 nitrogen and oxygen atoms in total. The standard InChI is InChI=1S/C18H34N12/c1-7-9-10-11-30(18-25-13(19-3)23-14(20-4)26-18)12-22-16-24-15(21-8-2)27-17(28-16)29(5)6/h7-12H2,1-6H3,(H2,19,20,23,25,26)(H2,21,22,24,27,28). The van der Waals surface area contributed by atoms with Crippen LogP contribution in [0, 0.1) is 0 Å². The summed E-state index contributed by atoms with van der Waals surface area (Å²) < 4.78 is 0. The lowest BCUT2D eigenvalue weighted by Gasteiger charge is -2.24. The van der Waals surface area contributed by atoms with Gasteiger partial charge in [0, 0.05) is 41.3 Å². The fourth-order valence-corrected chi connectivity index (χ4v) is 2.58. The molecule has 0 atom stereocenters. The summed E-state index contributed by atoms with van der Waals surface area (Å²) in [6.07, 6.45) is 3.28. The van der Waals surface area contributed by atoms with Gasteiger partial charge in [-0.1, -0.05) is 19.8 Å². The molecule has 0 radical (unpaired) electrons. The summed E-state index contributed by atoms with van der Waals surface area (Å²) in [4.78, 5) is 30.6. The van der Waals surface area contributed by atoms with E-state index >= 15 is 0 Å². The van der Waals surface area contributed by atoms with Crippen molar-refractivity contribution >= 4 is 35.7 Å². The average Bonchev–Trinajstić information content (AvgIpc) is 2.75. The van der Waals surface area contributed by atoms with Gasteiger partial charge < -0.3 is 31.1 Å². The predicted molar refractivity (Wildman–Crippen MR) is 123 cm³/mol. The molecule has 0 unspecified atom stereocenters. The van der Waals surface area contributed by atoms with Crippen molar-refractivity contribution in [3.05, 3.63) is 0 Å². The Labute approximate surface area is 178 Å². The quantitative estimate of drug-likeness (QED) is 0.279. The lowest BCUT2D eigenvalue weighted by molar-refractivity contribution is 0.674. The summed E-state index contributed by atoms with van der Waals surface area (Å²) in [5.74, 6) is 3.20. The molecule has 0 aliphatic heterocycles. The van der Waals surface area contributed by atoms with Gasteiger partial charge in [-0.2, -0.15) is 29.9 Å². The van der Waals surface area contributed by atoms with Crippen molar-refractivity contribution in [2.45, 2.75) is 33.1 Å².